The van der Waals surface area contributed by atoms with Crippen LogP contribution >= 0.6 is 0 Å². The van der Waals surface area contributed by atoms with Crippen molar-refractivity contribution in [1.82, 2.24) is 9.78 Å². The number of nitrogens with two attached hydrogens (primary N) is 1. The minimum atomic E-state index is -4.48. The van der Waals surface area contributed by atoms with Crippen LogP contribution in [0.5, 0.6) is 0 Å². The number of hydrogen-bond donors (Lipinski definition) is 1. The van der Waals surface area contributed by atoms with Gasteiger partial charge >= 0.3 is 6.18 Å². The van der Waals surface area contributed by atoms with Gasteiger partial charge in [0.05, 0.1) is 11.4 Å². The maximum atomic E-state index is 13.2. The van der Waals surface area contributed by atoms with E-state index in [4.69, 9.17) is 10.5 Å². The van der Waals surface area contributed by atoms with E-state index in [1.54, 1.807) is 12.1 Å². The molecule has 3 rings (SSSR count). The molecule has 1 saturated heterocycles. The molecule has 7 heteroatoms. The Morgan fingerprint density at radius 2 is 1.95 bits per heavy atom. The first kappa shape index (κ1) is 13.9. The standard InChI is InChI=1S/C14H14F3N3O/c15-14(16,17)13-8-11(12-2-1-7-21-12)19-20(13)10-5-3-9(18)4-6-10/h3-6,8,12H,1-2,7,18H2. The maximum absolute atomic E-state index is 13.2. The highest BCUT2D eigenvalue weighted by atomic mass is 19.4. The van der Waals surface area contributed by atoms with E-state index in [1.165, 1.54) is 12.1 Å². The van der Waals surface area contributed by atoms with Crippen LogP contribution in [0, 0.1) is 0 Å². The van der Waals surface area contributed by atoms with Crippen molar-refractivity contribution in [1.29, 1.82) is 0 Å². The normalized spacial score (nSPS) is 19.1. The summed E-state index contributed by atoms with van der Waals surface area (Å²) in [6.45, 7) is 0.556. The van der Waals surface area contributed by atoms with Gasteiger partial charge in [-0.2, -0.15) is 18.3 Å². The molecule has 1 aliphatic heterocycles. The summed E-state index contributed by atoms with van der Waals surface area (Å²) in [7, 11) is 0. The molecule has 1 aromatic carbocycles. The van der Waals surface area contributed by atoms with E-state index >= 15 is 0 Å². The molecule has 1 aliphatic rings. The maximum Gasteiger partial charge on any atom is 0.433 e. The highest BCUT2D eigenvalue weighted by Crippen LogP contribution is 2.35. The number of nitrogens with zero attached hydrogens (tertiary/aromatic N) is 2. The molecule has 2 N–H and O–H groups in total. The average Bonchev–Trinajstić information content (AvgIpc) is 3.07. The highest BCUT2D eigenvalue weighted by Gasteiger charge is 2.37. The Kier molecular flexibility index (Phi) is 3.36. The van der Waals surface area contributed by atoms with E-state index in [2.05, 4.69) is 5.10 Å². The van der Waals surface area contributed by atoms with Crippen molar-refractivity contribution in [2.24, 2.45) is 0 Å². The molecule has 1 atom stereocenters. The van der Waals surface area contributed by atoms with Crippen molar-refractivity contribution >= 4 is 5.69 Å². The number of alkyl halides is 3. The van der Waals surface area contributed by atoms with Crippen LogP contribution in [0.4, 0.5) is 18.9 Å². The summed E-state index contributed by atoms with van der Waals surface area (Å²) in [6, 6.07) is 7.17. The van der Waals surface area contributed by atoms with E-state index in [0.717, 1.165) is 17.2 Å². The summed E-state index contributed by atoms with van der Waals surface area (Å²) in [5, 5.41) is 4.09. The summed E-state index contributed by atoms with van der Waals surface area (Å²) >= 11 is 0. The molecule has 0 radical (unpaired) electrons. The Bertz CT molecular complexity index is 628. The molecule has 2 aromatic rings. The number of hydrogen-bond acceptors (Lipinski definition) is 3. The van der Waals surface area contributed by atoms with E-state index in [-0.39, 0.29) is 6.10 Å². The second-order valence-electron chi connectivity index (χ2n) is 4.96. The van der Waals surface area contributed by atoms with Gasteiger partial charge in [0.1, 0.15) is 11.8 Å². The molecule has 0 spiro atoms. The van der Waals surface area contributed by atoms with Crippen LogP contribution in [-0.2, 0) is 10.9 Å². The van der Waals surface area contributed by atoms with Gasteiger partial charge in [0.2, 0.25) is 0 Å². The topological polar surface area (TPSA) is 53.1 Å². The number of rotatable bonds is 2. The Morgan fingerprint density at radius 3 is 2.52 bits per heavy atom. The first-order valence-electron chi connectivity index (χ1n) is 6.60. The molecule has 4 nitrogen and oxygen atoms in total. The Balaban J connectivity index is 2.06. The Hall–Kier alpha value is -2.02. The van der Waals surface area contributed by atoms with Crippen molar-refractivity contribution in [3.8, 4) is 5.69 Å². The fourth-order valence-electron chi connectivity index (χ4n) is 2.38. The van der Waals surface area contributed by atoms with Crippen LogP contribution in [0.1, 0.15) is 30.3 Å². The molecule has 1 aromatic heterocycles. The molecule has 112 valence electrons. The van der Waals surface area contributed by atoms with Crippen molar-refractivity contribution in [2.45, 2.75) is 25.1 Å². The summed E-state index contributed by atoms with van der Waals surface area (Å²) in [5.41, 5.74) is 5.88. The molecule has 0 aliphatic carbocycles. The van der Waals surface area contributed by atoms with Crippen LogP contribution in [0.2, 0.25) is 0 Å². The summed E-state index contributed by atoms with van der Waals surface area (Å²) in [4.78, 5) is 0. The van der Waals surface area contributed by atoms with Crippen LogP contribution in [0.15, 0.2) is 30.3 Å². The molecule has 2 heterocycles. The van der Waals surface area contributed by atoms with Crippen molar-refractivity contribution in [2.75, 3.05) is 12.3 Å². The molecule has 21 heavy (non-hydrogen) atoms. The summed E-state index contributed by atoms with van der Waals surface area (Å²) < 4.78 is 45.9. The second-order valence-corrected chi connectivity index (χ2v) is 4.96. The summed E-state index contributed by atoms with van der Waals surface area (Å²) in [6.07, 6.45) is -3.32. The van der Waals surface area contributed by atoms with Gasteiger partial charge in [0, 0.05) is 12.3 Å². The van der Waals surface area contributed by atoms with Gasteiger partial charge in [0.25, 0.3) is 0 Å². The zero-order chi connectivity index (χ0) is 15.0. The largest absolute Gasteiger partial charge is 0.433 e. The lowest BCUT2D eigenvalue weighted by molar-refractivity contribution is -0.142. The quantitative estimate of drug-likeness (QED) is 0.865. The van der Waals surface area contributed by atoms with E-state index in [9.17, 15) is 13.2 Å². The number of anilines is 1. The number of benzene rings is 1. The smallest absolute Gasteiger partial charge is 0.399 e. The number of aromatic nitrogens is 2. The van der Waals surface area contributed by atoms with Gasteiger partial charge in [-0.15, -0.1) is 0 Å². The fraction of sp³-hybridized carbons (Fsp3) is 0.357. The van der Waals surface area contributed by atoms with Crippen molar-refractivity contribution in [3.05, 3.63) is 41.7 Å². The minimum absolute atomic E-state index is 0.316. The summed E-state index contributed by atoms with van der Waals surface area (Å²) in [5.74, 6) is 0. The zero-order valence-electron chi connectivity index (χ0n) is 11.1. The van der Waals surface area contributed by atoms with E-state index < -0.39 is 11.9 Å². The Labute approximate surface area is 119 Å². The predicted octanol–water partition coefficient (Wildman–Crippen LogP) is 3.32. The molecule has 0 saturated carbocycles. The van der Waals surface area contributed by atoms with E-state index in [1.807, 2.05) is 0 Å². The number of nitrogen functional groups attached to an aromatic ring is 1. The molecule has 0 bridgehead atoms. The number of ether oxygens (including phenoxy) is 1. The molecular weight excluding hydrogens is 283 g/mol. The second kappa shape index (κ2) is 5.07. The van der Waals surface area contributed by atoms with E-state index in [0.29, 0.717) is 30.1 Å². The lowest BCUT2D eigenvalue weighted by Gasteiger charge is -2.10. The predicted molar refractivity (Wildman–Crippen MR) is 70.9 cm³/mol. The highest BCUT2D eigenvalue weighted by molar-refractivity contribution is 5.45. The lowest BCUT2D eigenvalue weighted by atomic mass is 10.2. The molecule has 1 unspecified atom stereocenters. The zero-order valence-corrected chi connectivity index (χ0v) is 11.1. The van der Waals surface area contributed by atoms with Gasteiger partial charge in [-0.25, -0.2) is 4.68 Å². The first-order chi connectivity index (χ1) is 9.95. The molecule has 0 amide bonds. The third-order valence-corrected chi connectivity index (χ3v) is 3.42. The van der Waals surface area contributed by atoms with Gasteiger partial charge in [-0.1, -0.05) is 0 Å². The van der Waals surface area contributed by atoms with Gasteiger partial charge in [-0.05, 0) is 43.2 Å². The number of halogens is 3. The first-order valence-corrected chi connectivity index (χ1v) is 6.60. The van der Waals surface area contributed by atoms with Crippen molar-refractivity contribution < 1.29 is 17.9 Å². The lowest BCUT2D eigenvalue weighted by Crippen LogP contribution is -2.13. The monoisotopic (exact) mass is 297 g/mol. The third kappa shape index (κ3) is 2.73. The van der Waals surface area contributed by atoms with Crippen LogP contribution in [0.25, 0.3) is 5.69 Å². The van der Waals surface area contributed by atoms with Crippen LogP contribution < -0.4 is 5.73 Å². The average molecular weight is 297 g/mol. The fourth-order valence-corrected chi connectivity index (χ4v) is 2.38. The SMILES string of the molecule is Nc1ccc(-n2nc(C3CCCO3)cc2C(F)(F)F)cc1. The molecular formula is C14H14F3N3O. The van der Waals surface area contributed by atoms with Crippen LogP contribution in [0.3, 0.4) is 0 Å². The minimum Gasteiger partial charge on any atom is -0.399 e. The van der Waals surface area contributed by atoms with Gasteiger partial charge in [0.15, 0.2) is 0 Å². The van der Waals surface area contributed by atoms with Gasteiger partial charge < -0.3 is 10.5 Å². The Morgan fingerprint density at radius 1 is 1.24 bits per heavy atom. The van der Waals surface area contributed by atoms with Crippen LogP contribution in [-0.4, -0.2) is 16.4 Å². The third-order valence-electron chi connectivity index (χ3n) is 3.42. The molecule has 1 fully saturated rings. The van der Waals surface area contributed by atoms with Gasteiger partial charge in [-0.3, -0.25) is 0 Å². The van der Waals surface area contributed by atoms with Crippen molar-refractivity contribution in [3.63, 3.8) is 0 Å².